The number of rotatable bonds is 2. The van der Waals surface area contributed by atoms with Crippen LogP contribution in [-0.2, 0) is 15.7 Å². The Balaban J connectivity index is 2.33. The van der Waals surface area contributed by atoms with Gasteiger partial charge in [-0.25, -0.2) is 4.98 Å². The number of thiazole rings is 1. The van der Waals surface area contributed by atoms with Crippen molar-refractivity contribution in [1.29, 1.82) is 0 Å². The molecule has 3 nitrogen and oxygen atoms in total. The van der Waals surface area contributed by atoms with Crippen LogP contribution in [0.2, 0.25) is 0 Å². The summed E-state index contributed by atoms with van der Waals surface area (Å²) in [6.07, 6.45) is 2.53. The molecule has 4 heteroatoms. The summed E-state index contributed by atoms with van der Waals surface area (Å²) in [5.41, 5.74) is 1.28. The Labute approximate surface area is 120 Å². The van der Waals surface area contributed by atoms with E-state index in [2.05, 4.69) is 45.3 Å². The highest BCUT2D eigenvalue weighted by Crippen LogP contribution is 2.39. The van der Waals surface area contributed by atoms with Gasteiger partial charge in [-0.3, -0.25) is 0 Å². The molecule has 19 heavy (non-hydrogen) atoms. The van der Waals surface area contributed by atoms with E-state index < -0.39 is 0 Å². The van der Waals surface area contributed by atoms with Crippen LogP contribution in [0.4, 0.5) is 0 Å². The third-order valence-corrected chi connectivity index (χ3v) is 4.94. The third kappa shape index (κ3) is 3.01. The SMILES string of the molecule is CNC1(c2nc(C(C)(C)C)cs2)CC(C)OC(C)C1. The van der Waals surface area contributed by atoms with Gasteiger partial charge in [-0.2, -0.15) is 0 Å². The molecule has 108 valence electrons. The summed E-state index contributed by atoms with van der Waals surface area (Å²) in [5.74, 6) is 0. The van der Waals surface area contributed by atoms with E-state index in [1.165, 1.54) is 10.7 Å². The summed E-state index contributed by atoms with van der Waals surface area (Å²) in [4.78, 5) is 4.92. The van der Waals surface area contributed by atoms with Crippen molar-refractivity contribution in [1.82, 2.24) is 10.3 Å². The first-order valence-electron chi connectivity index (χ1n) is 7.08. The lowest BCUT2D eigenvalue weighted by Gasteiger charge is -2.41. The topological polar surface area (TPSA) is 34.2 Å². The Morgan fingerprint density at radius 2 is 1.89 bits per heavy atom. The second-order valence-electron chi connectivity index (χ2n) is 6.79. The van der Waals surface area contributed by atoms with Gasteiger partial charge < -0.3 is 10.1 Å². The number of ether oxygens (including phenoxy) is 1. The second kappa shape index (κ2) is 5.15. The Hall–Kier alpha value is -0.450. The van der Waals surface area contributed by atoms with Gasteiger partial charge >= 0.3 is 0 Å². The lowest BCUT2D eigenvalue weighted by molar-refractivity contribution is -0.0696. The zero-order chi connectivity index (χ0) is 14.3. The number of nitrogens with zero attached hydrogens (tertiary/aromatic N) is 1. The van der Waals surface area contributed by atoms with Gasteiger partial charge in [0.1, 0.15) is 5.01 Å². The van der Waals surface area contributed by atoms with Crippen LogP contribution in [-0.4, -0.2) is 24.2 Å². The van der Waals surface area contributed by atoms with E-state index >= 15 is 0 Å². The monoisotopic (exact) mass is 282 g/mol. The predicted molar refractivity (Wildman–Crippen MR) is 80.8 cm³/mol. The van der Waals surface area contributed by atoms with E-state index in [-0.39, 0.29) is 23.2 Å². The molecule has 0 aliphatic carbocycles. The van der Waals surface area contributed by atoms with Crippen LogP contribution in [0.25, 0.3) is 0 Å². The largest absolute Gasteiger partial charge is 0.375 e. The van der Waals surface area contributed by atoms with Gasteiger partial charge in [0.15, 0.2) is 0 Å². The highest BCUT2D eigenvalue weighted by molar-refractivity contribution is 7.09. The number of hydrogen-bond acceptors (Lipinski definition) is 4. The molecule has 1 N–H and O–H groups in total. The Morgan fingerprint density at radius 3 is 2.32 bits per heavy atom. The summed E-state index contributed by atoms with van der Waals surface area (Å²) >= 11 is 1.78. The summed E-state index contributed by atoms with van der Waals surface area (Å²) in [6, 6.07) is 0. The molecule has 1 aromatic rings. The maximum Gasteiger partial charge on any atom is 0.113 e. The van der Waals surface area contributed by atoms with Gasteiger partial charge in [-0.1, -0.05) is 20.8 Å². The Morgan fingerprint density at radius 1 is 1.32 bits per heavy atom. The second-order valence-corrected chi connectivity index (χ2v) is 7.64. The molecule has 0 spiro atoms. The fraction of sp³-hybridized carbons (Fsp3) is 0.800. The van der Waals surface area contributed by atoms with Crippen LogP contribution in [0.5, 0.6) is 0 Å². The predicted octanol–water partition coefficient (Wildman–Crippen LogP) is 3.44. The van der Waals surface area contributed by atoms with E-state index in [9.17, 15) is 0 Å². The van der Waals surface area contributed by atoms with E-state index in [1.54, 1.807) is 11.3 Å². The zero-order valence-electron chi connectivity index (χ0n) is 12.9. The summed E-state index contributed by atoms with van der Waals surface area (Å²) in [5, 5.41) is 6.94. The molecular formula is C15H26N2OS. The molecule has 0 radical (unpaired) electrons. The van der Waals surface area contributed by atoms with Crippen molar-refractivity contribution in [2.24, 2.45) is 0 Å². The highest BCUT2D eigenvalue weighted by atomic mass is 32.1. The van der Waals surface area contributed by atoms with E-state index in [4.69, 9.17) is 9.72 Å². The van der Waals surface area contributed by atoms with Crippen LogP contribution in [0.1, 0.15) is 58.2 Å². The fourth-order valence-corrected chi connectivity index (χ4v) is 4.16. The molecular weight excluding hydrogens is 256 g/mol. The van der Waals surface area contributed by atoms with E-state index in [0.29, 0.717) is 0 Å². The minimum atomic E-state index is -0.0226. The van der Waals surface area contributed by atoms with Crippen molar-refractivity contribution in [3.63, 3.8) is 0 Å². The molecule has 1 saturated heterocycles. The molecule has 2 unspecified atom stereocenters. The fourth-order valence-electron chi connectivity index (χ4n) is 2.88. The van der Waals surface area contributed by atoms with E-state index in [0.717, 1.165) is 12.8 Å². The lowest BCUT2D eigenvalue weighted by atomic mass is 9.84. The molecule has 1 aliphatic rings. The molecule has 2 heterocycles. The number of nitrogens with one attached hydrogen (secondary N) is 1. The van der Waals surface area contributed by atoms with Crippen molar-refractivity contribution < 1.29 is 4.74 Å². The van der Waals surface area contributed by atoms with Crippen molar-refractivity contribution in [3.8, 4) is 0 Å². The lowest BCUT2D eigenvalue weighted by Crippen LogP contribution is -2.49. The molecule has 1 aromatic heterocycles. The number of hydrogen-bond donors (Lipinski definition) is 1. The van der Waals surface area contributed by atoms with Crippen molar-refractivity contribution in [2.45, 2.75) is 70.6 Å². The van der Waals surface area contributed by atoms with Crippen LogP contribution in [0.15, 0.2) is 5.38 Å². The number of aromatic nitrogens is 1. The first kappa shape index (κ1) is 14.9. The maximum atomic E-state index is 5.88. The molecule has 1 aliphatic heterocycles. The van der Waals surface area contributed by atoms with Gasteiger partial charge in [0.05, 0.1) is 23.4 Å². The Kier molecular flexibility index (Phi) is 4.05. The van der Waals surface area contributed by atoms with Crippen molar-refractivity contribution >= 4 is 11.3 Å². The average molecular weight is 282 g/mol. The third-order valence-electron chi connectivity index (χ3n) is 3.90. The van der Waals surface area contributed by atoms with Crippen LogP contribution < -0.4 is 5.32 Å². The quantitative estimate of drug-likeness (QED) is 0.902. The molecule has 0 aromatic carbocycles. The Bertz CT molecular complexity index is 426. The van der Waals surface area contributed by atoms with Gasteiger partial charge in [0, 0.05) is 10.8 Å². The van der Waals surface area contributed by atoms with Crippen LogP contribution >= 0.6 is 11.3 Å². The summed E-state index contributed by atoms with van der Waals surface area (Å²) < 4.78 is 5.88. The normalized spacial score (nSPS) is 32.5. The molecule has 0 amide bonds. The molecule has 0 bridgehead atoms. The molecule has 2 rings (SSSR count). The van der Waals surface area contributed by atoms with Crippen LogP contribution in [0, 0.1) is 0 Å². The van der Waals surface area contributed by atoms with Crippen molar-refractivity contribution in [3.05, 3.63) is 16.1 Å². The first-order valence-corrected chi connectivity index (χ1v) is 7.96. The molecule has 2 atom stereocenters. The average Bonchev–Trinajstić information content (AvgIpc) is 2.76. The molecule has 1 fully saturated rings. The zero-order valence-corrected chi connectivity index (χ0v) is 13.7. The minimum Gasteiger partial charge on any atom is -0.375 e. The summed E-state index contributed by atoms with van der Waals surface area (Å²) in [7, 11) is 2.04. The molecule has 0 saturated carbocycles. The smallest absolute Gasteiger partial charge is 0.113 e. The first-order chi connectivity index (χ1) is 8.77. The van der Waals surface area contributed by atoms with Crippen molar-refractivity contribution in [2.75, 3.05) is 7.05 Å². The maximum absolute atomic E-state index is 5.88. The minimum absolute atomic E-state index is 0.0226. The summed E-state index contributed by atoms with van der Waals surface area (Å²) in [6.45, 7) is 11.0. The highest BCUT2D eigenvalue weighted by Gasteiger charge is 2.41. The van der Waals surface area contributed by atoms with Crippen LogP contribution in [0.3, 0.4) is 0 Å². The van der Waals surface area contributed by atoms with Gasteiger partial charge in [-0.05, 0) is 33.7 Å². The van der Waals surface area contributed by atoms with E-state index in [1.807, 2.05) is 7.05 Å². The standard InChI is InChI=1S/C15H26N2OS/c1-10-7-15(16-6,8-11(2)18-10)13-17-12(9-19-13)14(3,4)5/h9-11,16H,7-8H2,1-6H3. The van der Waals surface area contributed by atoms with Gasteiger partial charge in [-0.15, -0.1) is 11.3 Å². The van der Waals surface area contributed by atoms with Gasteiger partial charge in [0.25, 0.3) is 0 Å². The van der Waals surface area contributed by atoms with Gasteiger partial charge in [0.2, 0.25) is 0 Å².